The van der Waals surface area contributed by atoms with Gasteiger partial charge in [0.1, 0.15) is 11.5 Å². The number of carbonyl (C=O) groups excluding carboxylic acids is 1. The van der Waals surface area contributed by atoms with Crippen LogP contribution < -0.4 is 20.7 Å². The molecule has 16 heteroatoms. The Kier molecular flexibility index (Phi) is 8.55. The number of aromatic nitrogens is 3. The number of nitrogens with zero attached hydrogens (tertiary/aromatic N) is 5. The second-order valence-electron chi connectivity index (χ2n) is 11.4. The first-order chi connectivity index (χ1) is 21.1. The van der Waals surface area contributed by atoms with Crippen molar-refractivity contribution < 1.29 is 35.5 Å². The van der Waals surface area contributed by atoms with E-state index in [-0.39, 0.29) is 61.5 Å². The second-order valence-corrected chi connectivity index (χ2v) is 11.4. The molecule has 1 aromatic carbocycles. The highest BCUT2D eigenvalue weighted by atomic mass is 19.4. The third-order valence-corrected chi connectivity index (χ3v) is 8.32. The minimum Gasteiger partial charge on any atom is -0.367 e. The van der Waals surface area contributed by atoms with Crippen molar-refractivity contribution in [2.75, 3.05) is 48.3 Å². The van der Waals surface area contributed by atoms with Crippen LogP contribution in [0.5, 0.6) is 0 Å². The predicted octanol–water partition coefficient (Wildman–Crippen LogP) is 5.15. The second kappa shape index (κ2) is 11.9. The molecule has 2 saturated heterocycles. The molecule has 0 spiro atoms. The third kappa shape index (κ3) is 6.60. The van der Waals surface area contributed by atoms with Crippen LogP contribution in [0.2, 0.25) is 0 Å². The van der Waals surface area contributed by atoms with Gasteiger partial charge in [0.05, 0.1) is 22.4 Å². The smallest absolute Gasteiger partial charge is 0.367 e. The number of pyridine rings is 1. The number of halogens is 7. The Balaban J connectivity index is 1.57. The quantitative estimate of drug-likeness (QED) is 0.373. The summed E-state index contributed by atoms with van der Waals surface area (Å²) in [6.45, 7) is 4.29. The molecule has 9 nitrogen and oxygen atoms in total. The molecule has 2 aliphatic heterocycles. The number of benzene rings is 1. The Bertz CT molecular complexity index is 1620. The fourth-order valence-electron chi connectivity index (χ4n) is 5.56. The van der Waals surface area contributed by atoms with Crippen LogP contribution in [0, 0.1) is 11.6 Å². The predicted molar refractivity (Wildman–Crippen MR) is 153 cm³/mol. The number of aromatic amines is 1. The number of hydrogen-bond donors (Lipinski definition) is 2. The molecule has 4 heterocycles. The standard InChI is InChI=1S/C29H30F7N7O2/c1-15-13-43(14-16(2)41(15)3)21-9-20(30)23(17-10-38-27(39-11-17)42-6-4-28(32,33)5-7-42)24(31)25(21)40-26(45)18-12-37-22(44)8-19(18)29(34,35)36/h8-12,15-16H,4-7,13-14H2,1-3H3,(H,37,44)(H,40,45)/t15-,16+. The Labute approximate surface area is 253 Å². The van der Waals surface area contributed by atoms with E-state index in [9.17, 15) is 31.5 Å². The van der Waals surface area contributed by atoms with Crippen molar-refractivity contribution in [3.8, 4) is 11.1 Å². The van der Waals surface area contributed by atoms with E-state index in [1.54, 1.807) is 4.90 Å². The van der Waals surface area contributed by atoms with E-state index in [0.717, 1.165) is 18.5 Å². The molecular formula is C29H30F7N7O2. The monoisotopic (exact) mass is 641 g/mol. The Morgan fingerprint density at radius 2 is 1.62 bits per heavy atom. The summed E-state index contributed by atoms with van der Waals surface area (Å²) in [5.74, 6) is -6.45. The zero-order chi connectivity index (χ0) is 32.8. The number of piperazine rings is 1. The van der Waals surface area contributed by atoms with E-state index >= 15 is 8.78 Å². The number of H-pyrrole nitrogens is 1. The van der Waals surface area contributed by atoms with Crippen LogP contribution in [0.3, 0.4) is 0 Å². The molecule has 3 aromatic rings. The summed E-state index contributed by atoms with van der Waals surface area (Å²) < 4.78 is 100. The topological polar surface area (TPSA) is 97.5 Å². The summed E-state index contributed by atoms with van der Waals surface area (Å²) in [5.41, 5.74) is -5.10. The van der Waals surface area contributed by atoms with Crippen molar-refractivity contribution in [2.24, 2.45) is 0 Å². The average Bonchev–Trinajstić information content (AvgIpc) is 2.97. The molecule has 0 saturated carbocycles. The largest absolute Gasteiger partial charge is 0.417 e. The molecule has 2 aliphatic rings. The first-order valence-corrected chi connectivity index (χ1v) is 14.1. The summed E-state index contributed by atoms with van der Waals surface area (Å²) in [6.07, 6.45) is -3.11. The van der Waals surface area contributed by atoms with Gasteiger partial charge in [-0.25, -0.2) is 27.5 Å². The summed E-state index contributed by atoms with van der Waals surface area (Å²) in [5, 5.41) is 2.20. The molecule has 0 unspecified atom stereocenters. The lowest BCUT2D eigenvalue weighted by atomic mass is 10.0. The van der Waals surface area contributed by atoms with E-state index in [0.29, 0.717) is 6.20 Å². The molecule has 0 aliphatic carbocycles. The maximum atomic E-state index is 16.4. The van der Waals surface area contributed by atoms with Crippen LogP contribution in [0.1, 0.15) is 42.6 Å². The molecule has 242 valence electrons. The molecule has 5 rings (SSSR count). The number of piperidine rings is 1. The highest BCUT2D eigenvalue weighted by Gasteiger charge is 2.38. The Hall–Kier alpha value is -4.21. The van der Waals surface area contributed by atoms with Gasteiger partial charge in [0, 0.05) is 87.4 Å². The Morgan fingerprint density at radius 3 is 2.20 bits per heavy atom. The number of alkyl halides is 5. The van der Waals surface area contributed by atoms with E-state index in [1.165, 1.54) is 4.90 Å². The fraction of sp³-hybridized carbons (Fsp3) is 0.448. The number of hydrogen-bond acceptors (Lipinski definition) is 7. The summed E-state index contributed by atoms with van der Waals surface area (Å²) in [7, 11) is 1.88. The van der Waals surface area contributed by atoms with Gasteiger partial charge in [-0.1, -0.05) is 0 Å². The number of amides is 1. The van der Waals surface area contributed by atoms with Gasteiger partial charge in [-0.3, -0.25) is 14.5 Å². The highest BCUT2D eigenvalue weighted by Crippen LogP contribution is 2.40. The SMILES string of the molecule is C[C@@H]1CN(c2cc(F)c(-c3cnc(N4CCC(F)(F)CC4)nc3)c(F)c2NC(=O)c2c[nH]c(=O)cc2C(F)(F)F)C[C@H](C)N1C. The van der Waals surface area contributed by atoms with Crippen molar-refractivity contribution in [3.05, 3.63) is 63.8 Å². The fourth-order valence-corrected chi connectivity index (χ4v) is 5.56. The number of anilines is 3. The first-order valence-electron chi connectivity index (χ1n) is 14.1. The molecule has 45 heavy (non-hydrogen) atoms. The zero-order valence-electron chi connectivity index (χ0n) is 24.5. The molecule has 2 fully saturated rings. The van der Waals surface area contributed by atoms with Gasteiger partial charge in [-0.15, -0.1) is 0 Å². The lowest BCUT2D eigenvalue weighted by Gasteiger charge is -2.44. The summed E-state index contributed by atoms with van der Waals surface area (Å²) in [6, 6.07) is 1.02. The molecule has 2 atom stereocenters. The molecule has 1 amide bonds. The van der Waals surface area contributed by atoms with Gasteiger partial charge in [-0.2, -0.15) is 13.2 Å². The van der Waals surface area contributed by atoms with Gasteiger partial charge in [0.2, 0.25) is 11.5 Å². The van der Waals surface area contributed by atoms with Gasteiger partial charge >= 0.3 is 6.18 Å². The minimum atomic E-state index is -5.08. The highest BCUT2D eigenvalue weighted by molar-refractivity contribution is 6.07. The lowest BCUT2D eigenvalue weighted by Crippen LogP contribution is -2.55. The number of nitrogens with one attached hydrogen (secondary N) is 2. The van der Waals surface area contributed by atoms with Crippen LogP contribution >= 0.6 is 0 Å². The number of rotatable bonds is 5. The van der Waals surface area contributed by atoms with Gasteiger partial charge in [-0.05, 0) is 20.9 Å². The number of likely N-dealkylation sites (N-methyl/N-ethyl adjacent to an activating group) is 1. The summed E-state index contributed by atoms with van der Waals surface area (Å²) in [4.78, 5) is 40.3. The van der Waals surface area contributed by atoms with Crippen molar-refractivity contribution in [3.63, 3.8) is 0 Å². The van der Waals surface area contributed by atoms with Gasteiger partial charge in [0.25, 0.3) is 11.8 Å². The third-order valence-electron chi connectivity index (χ3n) is 8.32. The van der Waals surface area contributed by atoms with Crippen molar-refractivity contribution in [1.82, 2.24) is 19.9 Å². The van der Waals surface area contributed by atoms with Crippen LogP contribution in [0.4, 0.5) is 48.1 Å². The number of carbonyl (C=O) groups is 1. The zero-order valence-corrected chi connectivity index (χ0v) is 24.5. The average molecular weight is 642 g/mol. The molecule has 0 radical (unpaired) electrons. The van der Waals surface area contributed by atoms with E-state index in [2.05, 4.69) is 15.3 Å². The molecule has 2 N–H and O–H groups in total. The van der Waals surface area contributed by atoms with Crippen molar-refractivity contribution in [1.29, 1.82) is 0 Å². The van der Waals surface area contributed by atoms with E-state index in [1.807, 2.05) is 30.8 Å². The Morgan fingerprint density at radius 1 is 1.02 bits per heavy atom. The van der Waals surface area contributed by atoms with Gasteiger partial charge < -0.3 is 20.1 Å². The maximum absolute atomic E-state index is 16.4. The van der Waals surface area contributed by atoms with Crippen molar-refractivity contribution in [2.45, 2.75) is 50.9 Å². The van der Waals surface area contributed by atoms with E-state index < -0.39 is 70.4 Å². The minimum absolute atomic E-state index is 0.0213. The van der Waals surface area contributed by atoms with Crippen LogP contribution in [0.25, 0.3) is 11.1 Å². The molecular weight excluding hydrogens is 611 g/mol. The van der Waals surface area contributed by atoms with Crippen LogP contribution in [-0.4, -0.2) is 77.0 Å². The van der Waals surface area contributed by atoms with Crippen molar-refractivity contribution >= 4 is 23.2 Å². The first kappa shape index (κ1) is 32.2. The van der Waals surface area contributed by atoms with Crippen LogP contribution in [-0.2, 0) is 6.18 Å². The van der Waals surface area contributed by atoms with Gasteiger partial charge in [0.15, 0.2) is 5.82 Å². The lowest BCUT2D eigenvalue weighted by molar-refractivity contribution is -0.138. The molecule has 0 bridgehead atoms. The molecule has 2 aromatic heterocycles. The normalized spacial score (nSPS) is 20.8. The van der Waals surface area contributed by atoms with E-state index in [4.69, 9.17) is 0 Å². The maximum Gasteiger partial charge on any atom is 0.417 e. The summed E-state index contributed by atoms with van der Waals surface area (Å²) >= 11 is 0. The van der Waals surface area contributed by atoms with Crippen LogP contribution in [0.15, 0.2) is 35.5 Å².